The van der Waals surface area contributed by atoms with E-state index in [1.807, 2.05) is 32.9 Å². The Hall–Kier alpha value is -3.11. The molecule has 0 spiro atoms. The SMILES string of the molecule is CCOC(=O)c1c(NC(=O)/C(C#N)=C/c2ccccc2OC(C)C)sc(C)c1C. The second kappa shape index (κ2) is 9.89. The molecule has 0 fully saturated rings. The summed E-state index contributed by atoms with van der Waals surface area (Å²) in [5.41, 5.74) is 1.60. The molecule has 0 atom stereocenters. The molecular formula is C22H24N2O4S. The van der Waals surface area contributed by atoms with Crippen molar-refractivity contribution >= 4 is 34.3 Å². The van der Waals surface area contributed by atoms with Crippen LogP contribution in [0.2, 0.25) is 0 Å². The highest BCUT2D eigenvalue weighted by Crippen LogP contribution is 2.33. The number of carbonyl (C=O) groups excluding carboxylic acids is 2. The molecule has 0 radical (unpaired) electrons. The van der Waals surface area contributed by atoms with E-state index in [9.17, 15) is 14.9 Å². The molecule has 152 valence electrons. The third kappa shape index (κ3) is 5.46. The van der Waals surface area contributed by atoms with Crippen LogP contribution in [0.25, 0.3) is 6.08 Å². The molecule has 1 amide bonds. The number of nitrogens with one attached hydrogen (secondary N) is 1. The number of thiophene rings is 1. The molecule has 0 bridgehead atoms. The van der Waals surface area contributed by atoms with Gasteiger partial charge in [-0.3, -0.25) is 4.79 Å². The van der Waals surface area contributed by atoms with Gasteiger partial charge in [0.2, 0.25) is 0 Å². The van der Waals surface area contributed by atoms with Crippen molar-refractivity contribution in [3.8, 4) is 11.8 Å². The molecule has 0 saturated carbocycles. The Morgan fingerprint density at radius 1 is 1.28 bits per heavy atom. The number of anilines is 1. The molecule has 1 aromatic carbocycles. The summed E-state index contributed by atoms with van der Waals surface area (Å²) >= 11 is 1.28. The molecule has 0 unspecified atom stereocenters. The first-order valence-corrected chi connectivity index (χ1v) is 10.1. The number of nitriles is 1. The minimum absolute atomic E-state index is 0.0480. The molecule has 29 heavy (non-hydrogen) atoms. The van der Waals surface area contributed by atoms with Crippen LogP contribution in [-0.4, -0.2) is 24.6 Å². The minimum Gasteiger partial charge on any atom is -0.490 e. The van der Waals surface area contributed by atoms with Crippen LogP contribution in [0.5, 0.6) is 5.75 Å². The van der Waals surface area contributed by atoms with E-state index in [0.717, 1.165) is 10.4 Å². The van der Waals surface area contributed by atoms with Crippen molar-refractivity contribution in [1.29, 1.82) is 5.26 Å². The maximum absolute atomic E-state index is 12.7. The quantitative estimate of drug-likeness (QED) is 0.398. The number of esters is 1. The van der Waals surface area contributed by atoms with Crippen molar-refractivity contribution in [3.05, 3.63) is 51.4 Å². The summed E-state index contributed by atoms with van der Waals surface area (Å²) in [6.45, 7) is 9.41. The molecule has 0 saturated heterocycles. The molecule has 6 nitrogen and oxygen atoms in total. The van der Waals surface area contributed by atoms with Crippen molar-refractivity contribution in [2.75, 3.05) is 11.9 Å². The van der Waals surface area contributed by atoms with Crippen molar-refractivity contribution in [2.24, 2.45) is 0 Å². The van der Waals surface area contributed by atoms with Gasteiger partial charge in [0.05, 0.1) is 18.3 Å². The lowest BCUT2D eigenvalue weighted by atomic mass is 10.1. The Bertz CT molecular complexity index is 983. The van der Waals surface area contributed by atoms with Gasteiger partial charge >= 0.3 is 5.97 Å². The minimum atomic E-state index is -0.598. The molecule has 2 aromatic rings. The predicted octanol–water partition coefficient (Wildman–Crippen LogP) is 4.87. The third-order valence-corrected chi connectivity index (χ3v) is 5.16. The topological polar surface area (TPSA) is 88.4 Å². The second-order valence-electron chi connectivity index (χ2n) is 6.54. The van der Waals surface area contributed by atoms with Crippen LogP contribution in [0.4, 0.5) is 5.00 Å². The standard InChI is InChI=1S/C22H24N2O4S/c1-6-27-22(26)19-14(4)15(5)29-21(19)24-20(25)17(12-23)11-16-9-7-8-10-18(16)28-13(2)3/h7-11,13H,6H2,1-5H3,(H,24,25)/b17-11+. The molecule has 0 aliphatic carbocycles. The summed E-state index contributed by atoms with van der Waals surface area (Å²) in [4.78, 5) is 25.9. The van der Waals surface area contributed by atoms with Crippen LogP contribution in [0.1, 0.15) is 47.1 Å². The summed E-state index contributed by atoms with van der Waals surface area (Å²) in [7, 11) is 0. The number of nitrogens with zero attached hydrogens (tertiary/aromatic N) is 1. The van der Waals surface area contributed by atoms with E-state index in [2.05, 4.69) is 5.32 Å². The summed E-state index contributed by atoms with van der Waals surface area (Å²) in [6.07, 6.45) is 1.43. The van der Waals surface area contributed by atoms with Gasteiger partial charge in [0.25, 0.3) is 5.91 Å². The fourth-order valence-corrected chi connectivity index (χ4v) is 3.64. The van der Waals surface area contributed by atoms with Gasteiger partial charge in [-0.05, 0) is 52.3 Å². The van der Waals surface area contributed by atoms with Crippen molar-refractivity contribution < 1.29 is 19.1 Å². The molecule has 2 rings (SSSR count). The number of hydrogen-bond donors (Lipinski definition) is 1. The molecule has 1 N–H and O–H groups in total. The van der Waals surface area contributed by atoms with Gasteiger partial charge in [-0.2, -0.15) is 5.26 Å². The number of carbonyl (C=O) groups is 2. The maximum atomic E-state index is 12.7. The zero-order chi connectivity index (χ0) is 21.6. The fourth-order valence-electron chi connectivity index (χ4n) is 2.60. The van der Waals surface area contributed by atoms with E-state index in [4.69, 9.17) is 9.47 Å². The van der Waals surface area contributed by atoms with Crippen LogP contribution in [0.3, 0.4) is 0 Å². The lowest BCUT2D eigenvalue weighted by Gasteiger charge is -2.12. The highest BCUT2D eigenvalue weighted by atomic mass is 32.1. The molecule has 0 aliphatic heterocycles. The fraction of sp³-hybridized carbons (Fsp3) is 0.318. The van der Waals surface area contributed by atoms with Crippen LogP contribution >= 0.6 is 11.3 Å². The number of amides is 1. The lowest BCUT2D eigenvalue weighted by molar-refractivity contribution is -0.112. The summed E-state index contributed by atoms with van der Waals surface area (Å²) < 4.78 is 10.8. The summed E-state index contributed by atoms with van der Waals surface area (Å²) in [6, 6.07) is 9.11. The first-order valence-electron chi connectivity index (χ1n) is 9.24. The van der Waals surface area contributed by atoms with E-state index in [1.54, 1.807) is 32.0 Å². The predicted molar refractivity (Wildman–Crippen MR) is 114 cm³/mol. The van der Waals surface area contributed by atoms with Gasteiger partial charge in [0.1, 0.15) is 22.4 Å². The summed E-state index contributed by atoms with van der Waals surface area (Å²) in [5.74, 6) is -0.514. The van der Waals surface area contributed by atoms with Crippen LogP contribution in [0.15, 0.2) is 29.8 Å². The van der Waals surface area contributed by atoms with Crippen molar-refractivity contribution in [1.82, 2.24) is 0 Å². The Morgan fingerprint density at radius 3 is 2.59 bits per heavy atom. The highest BCUT2D eigenvalue weighted by molar-refractivity contribution is 7.16. The Morgan fingerprint density at radius 2 is 1.97 bits per heavy atom. The van der Waals surface area contributed by atoms with Crippen LogP contribution in [-0.2, 0) is 9.53 Å². The van der Waals surface area contributed by atoms with Gasteiger partial charge < -0.3 is 14.8 Å². The first kappa shape index (κ1) is 22.2. The van der Waals surface area contributed by atoms with Crippen molar-refractivity contribution in [3.63, 3.8) is 0 Å². The van der Waals surface area contributed by atoms with E-state index in [-0.39, 0.29) is 18.3 Å². The van der Waals surface area contributed by atoms with E-state index < -0.39 is 11.9 Å². The molecule has 1 heterocycles. The van der Waals surface area contributed by atoms with Crippen LogP contribution < -0.4 is 10.1 Å². The molecule has 0 aliphatic rings. The van der Waals surface area contributed by atoms with E-state index >= 15 is 0 Å². The highest BCUT2D eigenvalue weighted by Gasteiger charge is 2.23. The Kier molecular flexibility index (Phi) is 7.57. The Balaban J connectivity index is 2.36. The lowest BCUT2D eigenvalue weighted by Crippen LogP contribution is -2.16. The Labute approximate surface area is 174 Å². The maximum Gasteiger partial charge on any atom is 0.341 e. The first-order chi connectivity index (χ1) is 13.8. The monoisotopic (exact) mass is 412 g/mol. The van der Waals surface area contributed by atoms with Gasteiger partial charge in [-0.1, -0.05) is 18.2 Å². The normalized spacial score (nSPS) is 11.1. The van der Waals surface area contributed by atoms with Gasteiger partial charge in [0, 0.05) is 10.4 Å². The largest absolute Gasteiger partial charge is 0.490 e. The average molecular weight is 413 g/mol. The van der Waals surface area contributed by atoms with E-state index in [0.29, 0.717) is 21.9 Å². The number of para-hydroxylation sites is 1. The molecule has 7 heteroatoms. The molecular weight excluding hydrogens is 388 g/mol. The smallest absolute Gasteiger partial charge is 0.341 e. The number of ether oxygens (including phenoxy) is 2. The van der Waals surface area contributed by atoms with Crippen molar-refractivity contribution in [2.45, 2.75) is 40.7 Å². The van der Waals surface area contributed by atoms with Gasteiger partial charge in [0.15, 0.2) is 0 Å². The zero-order valence-electron chi connectivity index (χ0n) is 17.2. The number of hydrogen-bond acceptors (Lipinski definition) is 6. The number of benzene rings is 1. The third-order valence-electron chi connectivity index (χ3n) is 4.04. The van der Waals surface area contributed by atoms with Crippen LogP contribution in [0, 0.1) is 25.2 Å². The number of aryl methyl sites for hydroxylation is 1. The van der Waals surface area contributed by atoms with E-state index in [1.165, 1.54) is 17.4 Å². The molecule has 1 aromatic heterocycles. The van der Waals surface area contributed by atoms with Gasteiger partial charge in [-0.15, -0.1) is 11.3 Å². The average Bonchev–Trinajstić information content (AvgIpc) is 2.94. The number of rotatable bonds is 7. The summed E-state index contributed by atoms with van der Waals surface area (Å²) in [5, 5.41) is 12.6. The second-order valence-corrected chi connectivity index (χ2v) is 7.76. The van der Waals surface area contributed by atoms with Gasteiger partial charge in [-0.25, -0.2) is 4.79 Å². The zero-order valence-corrected chi connectivity index (χ0v) is 18.0.